The van der Waals surface area contributed by atoms with E-state index >= 15 is 0 Å². The molecule has 6 atom stereocenters. The quantitative estimate of drug-likeness (QED) is 0.861. The van der Waals surface area contributed by atoms with Crippen molar-refractivity contribution in [1.82, 2.24) is 0 Å². The fourth-order valence-corrected chi connectivity index (χ4v) is 4.27. The predicted molar refractivity (Wildman–Crippen MR) is 97.7 cm³/mol. The van der Waals surface area contributed by atoms with Gasteiger partial charge in [-0.25, -0.2) is 0 Å². The summed E-state index contributed by atoms with van der Waals surface area (Å²) >= 11 is 1.39. The molecule has 1 unspecified atom stereocenters. The zero-order chi connectivity index (χ0) is 18.1. The molecular formula is C20H22O5S. The maximum absolute atomic E-state index is 10.6. The van der Waals surface area contributed by atoms with Crippen LogP contribution in [0.4, 0.5) is 0 Å². The van der Waals surface area contributed by atoms with E-state index in [0.29, 0.717) is 6.61 Å². The molecule has 0 radical (unpaired) electrons. The number of rotatable bonds is 3. The number of ether oxygens (including phenoxy) is 3. The number of aliphatic hydroxyl groups excluding tert-OH is 2. The molecule has 4 rings (SSSR count). The maximum atomic E-state index is 10.6. The topological polar surface area (TPSA) is 68.2 Å². The lowest BCUT2D eigenvalue weighted by atomic mass is 9.99. The summed E-state index contributed by atoms with van der Waals surface area (Å²) in [4.78, 5) is 0.977. The van der Waals surface area contributed by atoms with Crippen LogP contribution in [0.1, 0.15) is 17.4 Å². The van der Waals surface area contributed by atoms with Crippen molar-refractivity contribution in [2.24, 2.45) is 0 Å². The summed E-state index contributed by atoms with van der Waals surface area (Å²) in [5, 5.41) is 21.1. The fraction of sp³-hybridized carbons (Fsp3) is 0.400. The lowest BCUT2D eigenvalue weighted by Gasteiger charge is -2.46. The Bertz CT molecular complexity index is 721. The lowest BCUT2D eigenvalue weighted by Crippen LogP contribution is -2.60. The number of hydrogen-bond donors (Lipinski definition) is 2. The van der Waals surface area contributed by atoms with E-state index in [2.05, 4.69) is 0 Å². The van der Waals surface area contributed by atoms with Gasteiger partial charge in [-0.2, -0.15) is 0 Å². The van der Waals surface area contributed by atoms with Gasteiger partial charge in [0.1, 0.15) is 29.9 Å². The van der Waals surface area contributed by atoms with E-state index in [1.807, 2.05) is 61.5 Å². The van der Waals surface area contributed by atoms with Crippen LogP contribution in [-0.4, -0.2) is 46.7 Å². The number of fused-ring (bicyclic) bond motifs is 1. The number of thioether (sulfide) groups is 1. The molecule has 2 saturated heterocycles. The second kappa shape index (κ2) is 7.68. The molecule has 0 saturated carbocycles. The summed E-state index contributed by atoms with van der Waals surface area (Å²) in [6.07, 6.45) is -3.69. The van der Waals surface area contributed by atoms with Crippen molar-refractivity contribution in [3.63, 3.8) is 0 Å². The first-order valence-corrected chi connectivity index (χ1v) is 9.57. The summed E-state index contributed by atoms with van der Waals surface area (Å²) in [7, 11) is 0. The zero-order valence-electron chi connectivity index (χ0n) is 14.4. The molecule has 0 bridgehead atoms. The molecule has 2 heterocycles. The molecule has 0 aromatic heterocycles. The Balaban J connectivity index is 1.45. The van der Waals surface area contributed by atoms with E-state index in [-0.39, 0.29) is 0 Å². The Kier molecular flexibility index (Phi) is 5.31. The first-order valence-electron chi connectivity index (χ1n) is 8.69. The molecule has 2 aliphatic rings. The van der Waals surface area contributed by atoms with Gasteiger partial charge in [0, 0.05) is 10.5 Å². The molecule has 2 fully saturated rings. The second-order valence-corrected chi connectivity index (χ2v) is 7.80. The van der Waals surface area contributed by atoms with Gasteiger partial charge in [0.2, 0.25) is 0 Å². The third kappa shape index (κ3) is 3.67. The number of aryl methyl sites for hydroxylation is 1. The Hall–Kier alpha value is -1.41. The van der Waals surface area contributed by atoms with Crippen LogP contribution in [-0.2, 0) is 14.2 Å². The van der Waals surface area contributed by atoms with E-state index in [9.17, 15) is 10.2 Å². The van der Waals surface area contributed by atoms with E-state index < -0.39 is 36.1 Å². The smallest absolute Gasteiger partial charge is 0.184 e. The summed E-state index contributed by atoms with van der Waals surface area (Å²) in [5.74, 6) is 0. The molecular weight excluding hydrogens is 352 g/mol. The van der Waals surface area contributed by atoms with Gasteiger partial charge in [-0.1, -0.05) is 59.8 Å². The van der Waals surface area contributed by atoms with Crippen molar-refractivity contribution in [3.8, 4) is 0 Å². The van der Waals surface area contributed by atoms with Gasteiger partial charge in [0.15, 0.2) is 6.29 Å². The third-order valence-electron chi connectivity index (χ3n) is 4.68. The Morgan fingerprint density at radius 3 is 2.38 bits per heavy atom. The first-order chi connectivity index (χ1) is 12.6. The Morgan fingerprint density at radius 2 is 1.65 bits per heavy atom. The van der Waals surface area contributed by atoms with E-state index in [4.69, 9.17) is 14.2 Å². The van der Waals surface area contributed by atoms with Crippen LogP contribution in [0, 0.1) is 6.92 Å². The summed E-state index contributed by atoms with van der Waals surface area (Å²) < 4.78 is 17.7. The van der Waals surface area contributed by atoms with Crippen molar-refractivity contribution >= 4 is 11.8 Å². The maximum Gasteiger partial charge on any atom is 0.184 e. The van der Waals surface area contributed by atoms with Crippen LogP contribution < -0.4 is 0 Å². The fourth-order valence-electron chi connectivity index (χ4n) is 3.21. The molecule has 0 amide bonds. The normalized spacial score (nSPS) is 34.3. The van der Waals surface area contributed by atoms with Crippen LogP contribution in [0.15, 0.2) is 59.5 Å². The monoisotopic (exact) mass is 374 g/mol. The van der Waals surface area contributed by atoms with Crippen LogP contribution in [0.3, 0.4) is 0 Å². The Labute approximate surface area is 156 Å². The molecule has 0 aliphatic carbocycles. The predicted octanol–water partition coefficient (Wildman–Crippen LogP) is 2.65. The Morgan fingerprint density at radius 1 is 0.923 bits per heavy atom. The number of benzene rings is 2. The van der Waals surface area contributed by atoms with E-state index in [1.165, 1.54) is 17.3 Å². The van der Waals surface area contributed by atoms with Crippen molar-refractivity contribution in [2.75, 3.05) is 6.61 Å². The first kappa shape index (κ1) is 18.0. The molecule has 2 aromatic rings. The highest BCUT2D eigenvalue weighted by Gasteiger charge is 2.49. The van der Waals surface area contributed by atoms with Crippen LogP contribution in [0.25, 0.3) is 0 Å². The van der Waals surface area contributed by atoms with Crippen LogP contribution in [0.5, 0.6) is 0 Å². The number of aliphatic hydroxyl groups is 2. The molecule has 138 valence electrons. The van der Waals surface area contributed by atoms with Crippen LogP contribution in [0.2, 0.25) is 0 Å². The lowest BCUT2D eigenvalue weighted by molar-refractivity contribution is -0.318. The molecule has 6 heteroatoms. The van der Waals surface area contributed by atoms with Crippen molar-refractivity contribution < 1.29 is 24.4 Å². The minimum absolute atomic E-state index is 0.305. The molecule has 0 spiro atoms. The third-order valence-corrected chi connectivity index (χ3v) is 5.84. The minimum atomic E-state index is -1.04. The standard InChI is InChI=1S/C20H22O5S/c1-12-7-9-14(10-8-12)26-20-17(22)16(21)18-15(24-20)11-23-19(25-18)13-5-3-2-4-6-13/h2-10,15-22H,11H2,1H3/t15-,16-,17+,18-,19?,20+/m1/s1. The molecule has 5 nitrogen and oxygen atoms in total. The minimum Gasteiger partial charge on any atom is -0.387 e. The van der Waals surface area contributed by atoms with Crippen molar-refractivity contribution in [1.29, 1.82) is 0 Å². The summed E-state index contributed by atoms with van der Waals surface area (Å²) in [5.41, 5.74) is 1.47. The van der Waals surface area contributed by atoms with Crippen LogP contribution >= 0.6 is 11.8 Å². The SMILES string of the molecule is Cc1ccc(S[C@@H]2O[C@@H]3COC(c4ccccc4)O[C@H]3[C@H](O)[C@@H]2O)cc1. The van der Waals surface area contributed by atoms with Gasteiger partial charge >= 0.3 is 0 Å². The van der Waals surface area contributed by atoms with Gasteiger partial charge in [-0.05, 0) is 19.1 Å². The average molecular weight is 374 g/mol. The molecule has 2 aromatic carbocycles. The van der Waals surface area contributed by atoms with E-state index in [1.54, 1.807) is 0 Å². The van der Waals surface area contributed by atoms with E-state index in [0.717, 1.165) is 10.5 Å². The molecule has 2 aliphatic heterocycles. The van der Waals surface area contributed by atoms with Gasteiger partial charge < -0.3 is 24.4 Å². The van der Waals surface area contributed by atoms with Gasteiger partial charge in [0.05, 0.1) is 6.61 Å². The highest BCUT2D eigenvalue weighted by Crippen LogP contribution is 2.38. The summed E-state index contributed by atoms with van der Waals surface area (Å²) in [6.45, 7) is 2.33. The molecule has 26 heavy (non-hydrogen) atoms. The van der Waals surface area contributed by atoms with Gasteiger partial charge in [-0.3, -0.25) is 0 Å². The zero-order valence-corrected chi connectivity index (χ0v) is 15.2. The van der Waals surface area contributed by atoms with Gasteiger partial charge in [-0.15, -0.1) is 0 Å². The average Bonchev–Trinajstić information content (AvgIpc) is 2.68. The number of hydrogen-bond acceptors (Lipinski definition) is 6. The van der Waals surface area contributed by atoms with Crippen molar-refractivity contribution in [2.45, 2.75) is 48.0 Å². The van der Waals surface area contributed by atoms with Gasteiger partial charge in [0.25, 0.3) is 0 Å². The van der Waals surface area contributed by atoms with Crippen molar-refractivity contribution in [3.05, 3.63) is 65.7 Å². The molecule has 2 N–H and O–H groups in total. The summed E-state index contributed by atoms with van der Waals surface area (Å²) in [6, 6.07) is 17.5. The highest BCUT2D eigenvalue weighted by molar-refractivity contribution is 7.99. The largest absolute Gasteiger partial charge is 0.387 e. The second-order valence-electron chi connectivity index (χ2n) is 6.63. The highest BCUT2D eigenvalue weighted by atomic mass is 32.2.